The van der Waals surface area contributed by atoms with Crippen molar-refractivity contribution in [2.75, 3.05) is 5.32 Å². The van der Waals surface area contributed by atoms with Crippen LogP contribution in [-0.2, 0) is 0 Å². The molecule has 1 aromatic rings. The summed E-state index contributed by atoms with van der Waals surface area (Å²) in [7, 11) is 0. The van der Waals surface area contributed by atoms with Gasteiger partial charge in [0.1, 0.15) is 0 Å². The summed E-state index contributed by atoms with van der Waals surface area (Å²) in [5.41, 5.74) is 2.44. The highest BCUT2D eigenvalue weighted by atomic mass is 35.5. The third kappa shape index (κ3) is 2.21. The highest BCUT2D eigenvalue weighted by molar-refractivity contribution is 6.30. The zero-order chi connectivity index (χ0) is 10.1. The Balaban J connectivity index is 2.10. The first kappa shape index (κ1) is 9.85. The average molecular weight is 210 g/mol. The Morgan fingerprint density at radius 2 is 2.14 bits per heavy atom. The molecular weight excluding hydrogens is 194 g/mol. The molecule has 0 spiro atoms. The summed E-state index contributed by atoms with van der Waals surface area (Å²) < 4.78 is 0. The molecule has 0 radical (unpaired) electrons. The normalized spacial score (nSPS) is 17.9. The molecule has 1 nitrogen and oxygen atoms in total. The summed E-state index contributed by atoms with van der Waals surface area (Å²) in [6.45, 7) is 4.36. The van der Waals surface area contributed by atoms with E-state index in [2.05, 4.69) is 25.2 Å². The molecule has 1 N–H and O–H groups in total. The third-order valence-corrected chi connectivity index (χ3v) is 3.15. The van der Waals surface area contributed by atoms with Crippen LogP contribution in [0.3, 0.4) is 0 Å². The van der Waals surface area contributed by atoms with Crippen molar-refractivity contribution < 1.29 is 0 Å². The molecule has 1 aliphatic carbocycles. The number of benzene rings is 1. The molecule has 76 valence electrons. The van der Waals surface area contributed by atoms with E-state index in [0.717, 1.165) is 10.9 Å². The molecule has 1 atom stereocenters. The van der Waals surface area contributed by atoms with Gasteiger partial charge in [-0.25, -0.2) is 0 Å². The fourth-order valence-corrected chi connectivity index (χ4v) is 1.88. The van der Waals surface area contributed by atoms with E-state index in [1.54, 1.807) is 0 Å². The minimum absolute atomic E-state index is 0.576. The van der Waals surface area contributed by atoms with Crippen LogP contribution >= 0.6 is 11.6 Å². The van der Waals surface area contributed by atoms with E-state index >= 15 is 0 Å². The van der Waals surface area contributed by atoms with Gasteiger partial charge >= 0.3 is 0 Å². The van der Waals surface area contributed by atoms with Crippen LogP contribution in [-0.4, -0.2) is 6.04 Å². The highest BCUT2D eigenvalue weighted by Crippen LogP contribution is 2.34. The van der Waals surface area contributed by atoms with Gasteiger partial charge in [0.15, 0.2) is 0 Å². The summed E-state index contributed by atoms with van der Waals surface area (Å²) in [5.74, 6) is 0.869. The Morgan fingerprint density at radius 3 is 2.79 bits per heavy atom. The molecule has 0 aliphatic heterocycles. The first-order chi connectivity index (χ1) is 6.66. The van der Waals surface area contributed by atoms with Crippen LogP contribution in [0.2, 0.25) is 5.02 Å². The molecule has 1 aromatic carbocycles. The second-order valence-corrected chi connectivity index (χ2v) is 4.67. The summed E-state index contributed by atoms with van der Waals surface area (Å²) in [6, 6.07) is 6.58. The molecular formula is C12H16ClN. The lowest BCUT2D eigenvalue weighted by Crippen LogP contribution is -2.17. The zero-order valence-corrected chi connectivity index (χ0v) is 9.43. The maximum absolute atomic E-state index is 5.96. The maximum atomic E-state index is 5.96. The minimum Gasteiger partial charge on any atom is -0.382 e. The summed E-state index contributed by atoms with van der Waals surface area (Å²) in [5, 5.41) is 4.34. The Hall–Kier alpha value is -0.690. The van der Waals surface area contributed by atoms with E-state index in [9.17, 15) is 0 Å². The molecule has 14 heavy (non-hydrogen) atoms. The molecule has 0 unspecified atom stereocenters. The molecule has 0 heterocycles. The van der Waals surface area contributed by atoms with E-state index in [1.807, 2.05) is 12.1 Å². The lowest BCUT2D eigenvalue weighted by molar-refractivity contribution is 0.693. The van der Waals surface area contributed by atoms with Gasteiger partial charge in [-0.1, -0.05) is 17.7 Å². The summed E-state index contributed by atoms with van der Waals surface area (Å²) >= 11 is 5.96. The second-order valence-electron chi connectivity index (χ2n) is 4.23. The van der Waals surface area contributed by atoms with Crippen molar-refractivity contribution in [3.63, 3.8) is 0 Å². The molecule has 1 saturated carbocycles. The lowest BCUT2D eigenvalue weighted by Gasteiger charge is -2.16. The van der Waals surface area contributed by atoms with Gasteiger partial charge < -0.3 is 5.32 Å². The van der Waals surface area contributed by atoms with Gasteiger partial charge in [0.05, 0.1) is 0 Å². The Labute approximate surface area is 90.5 Å². The minimum atomic E-state index is 0.576. The smallest absolute Gasteiger partial charge is 0.0426 e. The van der Waals surface area contributed by atoms with Crippen molar-refractivity contribution in [2.45, 2.75) is 32.7 Å². The van der Waals surface area contributed by atoms with Crippen molar-refractivity contribution in [1.82, 2.24) is 0 Å². The predicted molar refractivity (Wildman–Crippen MR) is 62.0 cm³/mol. The van der Waals surface area contributed by atoms with Crippen molar-refractivity contribution in [3.05, 3.63) is 28.8 Å². The number of hydrogen-bond donors (Lipinski definition) is 1. The molecule has 0 amide bonds. The van der Waals surface area contributed by atoms with Crippen molar-refractivity contribution in [2.24, 2.45) is 5.92 Å². The van der Waals surface area contributed by atoms with Gasteiger partial charge in [-0.05, 0) is 50.3 Å². The first-order valence-electron chi connectivity index (χ1n) is 5.19. The van der Waals surface area contributed by atoms with E-state index in [0.29, 0.717) is 6.04 Å². The lowest BCUT2D eigenvalue weighted by atomic mass is 10.1. The van der Waals surface area contributed by atoms with Crippen LogP contribution < -0.4 is 5.32 Å². The van der Waals surface area contributed by atoms with Gasteiger partial charge in [0.25, 0.3) is 0 Å². The van der Waals surface area contributed by atoms with Gasteiger partial charge in [0, 0.05) is 16.8 Å². The summed E-state index contributed by atoms with van der Waals surface area (Å²) in [6.07, 6.45) is 2.74. The summed E-state index contributed by atoms with van der Waals surface area (Å²) in [4.78, 5) is 0. The van der Waals surface area contributed by atoms with Gasteiger partial charge in [-0.15, -0.1) is 0 Å². The molecule has 1 fully saturated rings. The highest BCUT2D eigenvalue weighted by Gasteiger charge is 2.27. The second kappa shape index (κ2) is 3.82. The van der Waals surface area contributed by atoms with Crippen LogP contribution in [0, 0.1) is 12.8 Å². The quantitative estimate of drug-likeness (QED) is 0.797. The fraction of sp³-hybridized carbons (Fsp3) is 0.500. The maximum Gasteiger partial charge on any atom is 0.0426 e. The molecule has 0 aromatic heterocycles. The number of anilines is 1. The molecule has 0 bridgehead atoms. The number of nitrogens with one attached hydrogen (secondary N) is 1. The van der Waals surface area contributed by atoms with Gasteiger partial charge in [-0.2, -0.15) is 0 Å². The zero-order valence-electron chi connectivity index (χ0n) is 8.68. The van der Waals surface area contributed by atoms with E-state index in [1.165, 1.54) is 24.1 Å². The SMILES string of the molecule is Cc1ccc(Cl)cc1N[C@@H](C)C1CC1. The Bertz CT molecular complexity index is 331. The number of halogens is 1. The molecule has 2 heteroatoms. The van der Waals surface area contributed by atoms with Crippen molar-refractivity contribution in [3.8, 4) is 0 Å². The fourth-order valence-electron chi connectivity index (χ4n) is 1.71. The van der Waals surface area contributed by atoms with E-state index in [4.69, 9.17) is 11.6 Å². The van der Waals surface area contributed by atoms with Crippen LogP contribution in [0.25, 0.3) is 0 Å². The van der Waals surface area contributed by atoms with Crippen LogP contribution in [0.4, 0.5) is 5.69 Å². The van der Waals surface area contributed by atoms with Gasteiger partial charge in [0.2, 0.25) is 0 Å². The molecule has 1 aliphatic rings. The topological polar surface area (TPSA) is 12.0 Å². The number of hydrogen-bond acceptors (Lipinski definition) is 1. The van der Waals surface area contributed by atoms with Crippen LogP contribution in [0.1, 0.15) is 25.3 Å². The first-order valence-corrected chi connectivity index (χ1v) is 5.57. The molecule has 0 saturated heterocycles. The monoisotopic (exact) mass is 209 g/mol. The van der Waals surface area contributed by atoms with Crippen LogP contribution in [0.15, 0.2) is 18.2 Å². The average Bonchev–Trinajstić information content (AvgIpc) is 2.94. The van der Waals surface area contributed by atoms with Crippen molar-refractivity contribution >= 4 is 17.3 Å². The third-order valence-electron chi connectivity index (χ3n) is 2.91. The van der Waals surface area contributed by atoms with E-state index in [-0.39, 0.29) is 0 Å². The van der Waals surface area contributed by atoms with Crippen molar-refractivity contribution in [1.29, 1.82) is 0 Å². The predicted octanol–water partition coefficient (Wildman–Crippen LogP) is 3.86. The number of rotatable bonds is 3. The van der Waals surface area contributed by atoms with E-state index < -0.39 is 0 Å². The van der Waals surface area contributed by atoms with Gasteiger partial charge in [-0.3, -0.25) is 0 Å². The standard InChI is InChI=1S/C12H16ClN/c1-8-3-6-11(13)7-12(8)14-9(2)10-4-5-10/h3,6-7,9-10,14H,4-5H2,1-2H3/t9-/m0/s1. The number of aryl methyl sites for hydroxylation is 1. The largest absolute Gasteiger partial charge is 0.382 e. The Kier molecular flexibility index (Phi) is 2.69. The molecule has 2 rings (SSSR count). The Morgan fingerprint density at radius 1 is 1.43 bits per heavy atom. The van der Waals surface area contributed by atoms with Crippen LogP contribution in [0.5, 0.6) is 0 Å².